The molecule has 1 aromatic rings. The van der Waals surface area contributed by atoms with Crippen LogP contribution in [0.2, 0.25) is 0 Å². The van der Waals surface area contributed by atoms with E-state index in [-0.39, 0.29) is 18.4 Å². The number of quaternary nitrogens is 1. The number of hydrogen-bond donors (Lipinski definition) is 0. The highest BCUT2D eigenvalue weighted by molar-refractivity contribution is 5.87. The molecule has 112 valence electrons. The number of halogens is 1. The highest BCUT2D eigenvalue weighted by Crippen LogP contribution is 2.12. The van der Waals surface area contributed by atoms with E-state index in [1.54, 1.807) is 13.2 Å². The van der Waals surface area contributed by atoms with Crippen LogP contribution < -0.4 is 17.1 Å². The van der Waals surface area contributed by atoms with Crippen molar-refractivity contribution in [1.82, 2.24) is 0 Å². The van der Waals surface area contributed by atoms with E-state index >= 15 is 0 Å². The van der Waals surface area contributed by atoms with Gasteiger partial charge in [-0.15, -0.1) is 0 Å². The fraction of sp³-hybridized carbons (Fsp3) is 0.400. The van der Waals surface area contributed by atoms with Crippen LogP contribution in [0.1, 0.15) is 5.56 Å². The van der Waals surface area contributed by atoms with Crippen molar-refractivity contribution in [2.75, 3.05) is 41.4 Å². The van der Waals surface area contributed by atoms with Crippen molar-refractivity contribution >= 4 is 12.0 Å². The Hall–Kier alpha value is -1.52. The van der Waals surface area contributed by atoms with Crippen LogP contribution in [0.5, 0.6) is 5.75 Å². The van der Waals surface area contributed by atoms with E-state index < -0.39 is 0 Å². The third-order valence-electron chi connectivity index (χ3n) is 2.53. The van der Waals surface area contributed by atoms with Crippen LogP contribution in [0.15, 0.2) is 30.3 Å². The summed E-state index contributed by atoms with van der Waals surface area (Å²) in [4.78, 5) is 11.5. The second kappa shape index (κ2) is 8.61. The molecule has 0 aliphatic rings. The van der Waals surface area contributed by atoms with Crippen LogP contribution in [-0.4, -0.2) is 51.9 Å². The lowest BCUT2D eigenvalue weighted by molar-refractivity contribution is -0.870. The molecule has 0 N–H and O–H groups in total. The van der Waals surface area contributed by atoms with Gasteiger partial charge in [0.1, 0.15) is 18.9 Å². The minimum atomic E-state index is -0.315. The molecule has 1 aromatic carbocycles. The Morgan fingerprint density at radius 1 is 1.20 bits per heavy atom. The lowest BCUT2D eigenvalue weighted by atomic mass is 10.2. The van der Waals surface area contributed by atoms with Crippen molar-refractivity contribution in [3.63, 3.8) is 0 Å². The van der Waals surface area contributed by atoms with Crippen molar-refractivity contribution in [1.29, 1.82) is 0 Å². The van der Waals surface area contributed by atoms with Crippen LogP contribution >= 0.6 is 0 Å². The maximum atomic E-state index is 11.5. The van der Waals surface area contributed by atoms with Gasteiger partial charge in [-0.2, -0.15) is 0 Å². The Labute approximate surface area is 127 Å². The zero-order valence-electron chi connectivity index (χ0n) is 12.4. The van der Waals surface area contributed by atoms with E-state index in [1.807, 2.05) is 24.3 Å². The third kappa shape index (κ3) is 7.81. The van der Waals surface area contributed by atoms with Gasteiger partial charge < -0.3 is 26.4 Å². The first-order valence-corrected chi connectivity index (χ1v) is 6.20. The van der Waals surface area contributed by atoms with Crippen LogP contribution in [0.3, 0.4) is 0 Å². The molecule has 0 fully saturated rings. The van der Waals surface area contributed by atoms with Gasteiger partial charge in [0, 0.05) is 6.08 Å². The zero-order valence-corrected chi connectivity index (χ0v) is 13.2. The SMILES string of the molecule is COc1ccc(/C=C/C(=O)OCC[N+](C)(C)C)cc1.[Cl-]. The van der Waals surface area contributed by atoms with Crippen molar-refractivity contribution < 1.29 is 31.2 Å². The normalized spacial score (nSPS) is 11.0. The maximum absolute atomic E-state index is 11.5. The first-order chi connectivity index (χ1) is 8.90. The van der Waals surface area contributed by atoms with Gasteiger partial charge in [0.05, 0.1) is 28.3 Å². The summed E-state index contributed by atoms with van der Waals surface area (Å²) < 4.78 is 11.0. The van der Waals surface area contributed by atoms with E-state index in [0.717, 1.165) is 22.3 Å². The smallest absolute Gasteiger partial charge is 0.330 e. The average Bonchev–Trinajstić information content (AvgIpc) is 2.35. The average molecular weight is 300 g/mol. The fourth-order valence-electron chi connectivity index (χ4n) is 1.35. The van der Waals surface area contributed by atoms with Crippen LogP contribution in [0.25, 0.3) is 6.08 Å². The number of likely N-dealkylation sites (N-methyl/N-ethyl adjacent to an activating group) is 1. The topological polar surface area (TPSA) is 35.5 Å². The molecule has 0 heterocycles. The van der Waals surface area contributed by atoms with E-state index in [1.165, 1.54) is 6.08 Å². The number of nitrogens with zero attached hydrogens (tertiary/aromatic N) is 1. The fourth-order valence-corrected chi connectivity index (χ4v) is 1.35. The summed E-state index contributed by atoms with van der Waals surface area (Å²) in [6, 6.07) is 7.47. The number of hydrogen-bond acceptors (Lipinski definition) is 3. The maximum Gasteiger partial charge on any atom is 0.330 e. The summed E-state index contributed by atoms with van der Waals surface area (Å²) in [6.07, 6.45) is 3.17. The molecule has 0 saturated carbocycles. The van der Waals surface area contributed by atoms with E-state index in [9.17, 15) is 4.79 Å². The number of carbonyl (C=O) groups excluding carboxylic acids is 1. The second-order valence-electron chi connectivity index (χ2n) is 5.29. The molecule has 0 aliphatic heterocycles. The molecule has 0 radical (unpaired) electrons. The van der Waals surface area contributed by atoms with E-state index in [4.69, 9.17) is 9.47 Å². The van der Waals surface area contributed by atoms with Crippen LogP contribution in [0.4, 0.5) is 0 Å². The Bertz CT molecular complexity index is 435. The van der Waals surface area contributed by atoms with Gasteiger partial charge in [0.2, 0.25) is 0 Å². The lowest BCUT2D eigenvalue weighted by Gasteiger charge is -2.23. The van der Waals surface area contributed by atoms with Gasteiger partial charge in [-0.25, -0.2) is 4.79 Å². The number of methoxy groups -OCH3 is 1. The molecule has 0 saturated heterocycles. The van der Waals surface area contributed by atoms with Crippen molar-refractivity contribution in [3.8, 4) is 5.75 Å². The first-order valence-electron chi connectivity index (χ1n) is 6.20. The van der Waals surface area contributed by atoms with Crippen molar-refractivity contribution in [2.24, 2.45) is 0 Å². The van der Waals surface area contributed by atoms with Gasteiger partial charge in [-0.1, -0.05) is 12.1 Å². The Morgan fingerprint density at radius 2 is 1.80 bits per heavy atom. The summed E-state index contributed by atoms with van der Waals surface area (Å²) in [6.45, 7) is 1.22. The summed E-state index contributed by atoms with van der Waals surface area (Å²) in [5, 5.41) is 0. The minimum Gasteiger partial charge on any atom is -1.00 e. The molecule has 0 amide bonds. The van der Waals surface area contributed by atoms with E-state index in [2.05, 4.69) is 21.1 Å². The Balaban J connectivity index is 0.00000361. The molecule has 20 heavy (non-hydrogen) atoms. The summed E-state index contributed by atoms with van der Waals surface area (Å²) in [5.41, 5.74) is 0.935. The number of ether oxygens (including phenoxy) is 2. The Morgan fingerprint density at radius 3 is 2.30 bits per heavy atom. The van der Waals surface area contributed by atoms with Crippen LogP contribution in [-0.2, 0) is 9.53 Å². The van der Waals surface area contributed by atoms with Gasteiger partial charge in [-0.05, 0) is 23.8 Å². The Kier molecular flexibility index (Phi) is 7.96. The number of rotatable bonds is 6. The summed E-state index contributed by atoms with van der Waals surface area (Å²) in [7, 11) is 7.79. The monoisotopic (exact) mass is 299 g/mol. The highest BCUT2D eigenvalue weighted by Gasteiger charge is 2.07. The zero-order chi connectivity index (χ0) is 14.3. The quantitative estimate of drug-likeness (QED) is 0.382. The number of benzene rings is 1. The molecule has 0 atom stereocenters. The molecule has 0 aliphatic carbocycles. The number of esters is 1. The van der Waals surface area contributed by atoms with Gasteiger partial charge >= 0.3 is 5.97 Å². The van der Waals surface area contributed by atoms with Gasteiger partial charge in [0.15, 0.2) is 0 Å². The second-order valence-corrected chi connectivity index (χ2v) is 5.29. The van der Waals surface area contributed by atoms with Crippen molar-refractivity contribution in [2.45, 2.75) is 0 Å². The molecular weight excluding hydrogens is 278 g/mol. The van der Waals surface area contributed by atoms with Crippen LogP contribution in [0, 0.1) is 0 Å². The summed E-state index contributed by atoms with van der Waals surface area (Å²) in [5.74, 6) is 0.479. The molecule has 4 nitrogen and oxygen atoms in total. The molecule has 5 heteroatoms. The van der Waals surface area contributed by atoms with Gasteiger partial charge in [0.25, 0.3) is 0 Å². The van der Waals surface area contributed by atoms with E-state index in [0.29, 0.717) is 6.61 Å². The van der Waals surface area contributed by atoms with Gasteiger partial charge in [-0.3, -0.25) is 0 Å². The highest BCUT2D eigenvalue weighted by atomic mass is 35.5. The lowest BCUT2D eigenvalue weighted by Crippen LogP contribution is -3.00. The number of carbonyl (C=O) groups is 1. The molecule has 0 spiro atoms. The molecule has 0 bridgehead atoms. The minimum absolute atomic E-state index is 0. The first kappa shape index (κ1) is 18.5. The summed E-state index contributed by atoms with van der Waals surface area (Å²) >= 11 is 0. The molecule has 0 unspecified atom stereocenters. The predicted molar refractivity (Wildman–Crippen MR) is 75.9 cm³/mol. The molecule has 0 aromatic heterocycles. The largest absolute Gasteiger partial charge is 1.00 e. The standard InChI is InChI=1S/C15H22NO3.ClH/c1-16(2,3)11-12-19-15(17)10-7-13-5-8-14(18-4)9-6-13;/h5-10H,11-12H2,1-4H3;1H/q+1;/p-1/b10-7+;. The third-order valence-corrected chi connectivity index (χ3v) is 2.53. The van der Waals surface area contributed by atoms with Crippen molar-refractivity contribution in [3.05, 3.63) is 35.9 Å². The predicted octanol–water partition coefficient (Wildman–Crippen LogP) is -1.04. The molecular formula is C15H22ClNO3. The molecule has 1 rings (SSSR count).